The van der Waals surface area contributed by atoms with Gasteiger partial charge in [0.25, 0.3) is 5.89 Å². The van der Waals surface area contributed by atoms with E-state index in [0.717, 1.165) is 23.1 Å². The van der Waals surface area contributed by atoms with Gasteiger partial charge in [-0.3, -0.25) is 4.79 Å². The van der Waals surface area contributed by atoms with Crippen LogP contribution in [0.5, 0.6) is 5.75 Å². The Morgan fingerprint density at radius 3 is 2.88 bits per heavy atom. The SMILES string of the molecule is COCCN1C(=O)CC2Cc3c(-c4noc(-c5ccc(OC(C)C)c(C#N)c5)n4)cccc3C21. The maximum absolute atomic E-state index is 12.6. The fraction of sp³-hybridized carbons (Fsp3) is 0.385. The van der Waals surface area contributed by atoms with Crippen molar-refractivity contribution >= 4 is 5.91 Å². The number of amides is 1. The van der Waals surface area contributed by atoms with Crippen molar-refractivity contribution < 1.29 is 18.8 Å². The zero-order chi connectivity index (χ0) is 23.8. The van der Waals surface area contributed by atoms with Crippen LogP contribution in [0.2, 0.25) is 0 Å². The van der Waals surface area contributed by atoms with Gasteiger partial charge in [-0.05, 0) is 55.5 Å². The second kappa shape index (κ2) is 8.92. The summed E-state index contributed by atoms with van der Waals surface area (Å²) in [5.41, 5.74) is 4.31. The number of carbonyl (C=O) groups excluding carboxylic acids is 1. The molecule has 2 aliphatic rings. The Kier molecular flexibility index (Phi) is 5.80. The number of likely N-dealkylation sites (tertiary alicyclic amines) is 1. The topological polar surface area (TPSA) is 101 Å². The lowest BCUT2D eigenvalue weighted by Gasteiger charge is -2.25. The van der Waals surface area contributed by atoms with Crippen molar-refractivity contribution in [3.05, 3.63) is 53.1 Å². The van der Waals surface area contributed by atoms with Gasteiger partial charge < -0.3 is 18.9 Å². The van der Waals surface area contributed by atoms with E-state index in [2.05, 4.69) is 22.3 Å². The predicted octanol–water partition coefficient (Wildman–Crippen LogP) is 4.15. The summed E-state index contributed by atoms with van der Waals surface area (Å²) >= 11 is 0. The molecule has 1 aliphatic carbocycles. The largest absolute Gasteiger partial charge is 0.490 e. The molecule has 0 radical (unpaired) electrons. The van der Waals surface area contributed by atoms with Crippen LogP contribution in [0.1, 0.15) is 43.0 Å². The summed E-state index contributed by atoms with van der Waals surface area (Å²) in [6.07, 6.45) is 1.31. The number of ether oxygens (including phenoxy) is 2. The highest BCUT2D eigenvalue weighted by molar-refractivity contribution is 5.81. The standard InChI is InChI=1S/C26H26N4O4/c1-15(2)33-22-8-7-16(11-18(22)14-27)26-28-25(29-34-26)20-6-4-5-19-21(20)12-17-13-23(31)30(24(17)19)9-10-32-3/h4-8,11,15,17,24H,9-10,12-13H2,1-3H3. The second-order valence-electron chi connectivity index (χ2n) is 8.98. The van der Waals surface area contributed by atoms with Gasteiger partial charge >= 0.3 is 0 Å². The number of fused-ring (bicyclic) bond motifs is 3. The van der Waals surface area contributed by atoms with Gasteiger partial charge in [0.1, 0.15) is 11.8 Å². The molecule has 1 aliphatic heterocycles. The van der Waals surface area contributed by atoms with Crippen molar-refractivity contribution in [3.8, 4) is 34.7 Å². The number of aromatic nitrogens is 2. The van der Waals surface area contributed by atoms with E-state index < -0.39 is 0 Å². The summed E-state index contributed by atoms with van der Waals surface area (Å²) in [7, 11) is 1.65. The van der Waals surface area contributed by atoms with Crippen molar-refractivity contribution in [2.45, 2.75) is 38.8 Å². The quantitative estimate of drug-likeness (QED) is 0.524. The molecule has 2 unspecified atom stereocenters. The molecule has 0 saturated carbocycles. The smallest absolute Gasteiger partial charge is 0.258 e. The zero-order valence-electron chi connectivity index (χ0n) is 19.4. The molecule has 1 aromatic heterocycles. The highest BCUT2D eigenvalue weighted by Gasteiger charge is 2.46. The number of benzene rings is 2. The van der Waals surface area contributed by atoms with Crippen LogP contribution in [0.15, 0.2) is 40.9 Å². The number of rotatable bonds is 7. The normalized spacial score (nSPS) is 18.8. The molecule has 1 amide bonds. The first-order chi connectivity index (χ1) is 16.5. The van der Waals surface area contributed by atoms with E-state index in [1.165, 1.54) is 0 Å². The minimum Gasteiger partial charge on any atom is -0.490 e. The van der Waals surface area contributed by atoms with Crippen LogP contribution < -0.4 is 4.74 Å². The Labute approximate surface area is 198 Å². The highest BCUT2D eigenvalue weighted by atomic mass is 16.5. The molecule has 174 valence electrons. The molecule has 8 heteroatoms. The number of nitriles is 1. The monoisotopic (exact) mass is 458 g/mol. The first-order valence-electron chi connectivity index (χ1n) is 11.5. The average molecular weight is 459 g/mol. The van der Waals surface area contributed by atoms with E-state index in [1.54, 1.807) is 19.2 Å². The van der Waals surface area contributed by atoms with E-state index in [4.69, 9.17) is 14.0 Å². The van der Waals surface area contributed by atoms with Crippen LogP contribution in [0.25, 0.3) is 22.8 Å². The predicted molar refractivity (Wildman–Crippen MR) is 124 cm³/mol. The summed E-state index contributed by atoms with van der Waals surface area (Å²) < 4.78 is 16.5. The zero-order valence-corrected chi connectivity index (χ0v) is 19.4. The van der Waals surface area contributed by atoms with Crippen LogP contribution in [-0.2, 0) is 16.0 Å². The highest BCUT2D eigenvalue weighted by Crippen LogP contribution is 2.49. The molecule has 2 atom stereocenters. The Balaban J connectivity index is 1.46. The lowest BCUT2D eigenvalue weighted by molar-refractivity contribution is -0.129. The van der Waals surface area contributed by atoms with Gasteiger partial charge in [-0.1, -0.05) is 23.4 Å². The minimum absolute atomic E-state index is 0.0339. The van der Waals surface area contributed by atoms with Gasteiger partial charge in [0, 0.05) is 31.2 Å². The van der Waals surface area contributed by atoms with Crippen molar-refractivity contribution in [2.75, 3.05) is 20.3 Å². The molecule has 8 nitrogen and oxygen atoms in total. The van der Waals surface area contributed by atoms with Gasteiger partial charge in [-0.2, -0.15) is 10.2 Å². The number of hydrogen-bond acceptors (Lipinski definition) is 7. The van der Waals surface area contributed by atoms with Gasteiger partial charge in [0.15, 0.2) is 0 Å². The third kappa shape index (κ3) is 3.82. The van der Waals surface area contributed by atoms with Crippen molar-refractivity contribution in [1.29, 1.82) is 5.26 Å². The fourth-order valence-electron chi connectivity index (χ4n) is 5.06. The Bertz CT molecular complexity index is 1280. The molecule has 0 N–H and O–H groups in total. The minimum atomic E-state index is -0.0339. The summed E-state index contributed by atoms with van der Waals surface area (Å²) in [4.78, 5) is 19.1. The summed E-state index contributed by atoms with van der Waals surface area (Å²) in [6.45, 7) is 4.94. The van der Waals surface area contributed by atoms with Crippen LogP contribution in [0.4, 0.5) is 0 Å². The molecular weight excluding hydrogens is 432 g/mol. The number of carbonyl (C=O) groups is 1. The molecule has 0 bridgehead atoms. The van der Waals surface area contributed by atoms with Crippen LogP contribution >= 0.6 is 0 Å². The van der Waals surface area contributed by atoms with E-state index in [9.17, 15) is 10.1 Å². The van der Waals surface area contributed by atoms with Gasteiger partial charge in [0.2, 0.25) is 11.7 Å². The fourth-order valence-corrected chi connectivity index (χ4v) is 5.06. The van der Waals surface area contributed by atoms with E-state index in [-0.39, 0.29) is 24.0 Å². The van der Waals surface area contributed by atoms with Crippen LogP contribution in [0, 0.1) is 17.2 Å². The first-order valence-corrected chi connectivity index (χ1v) is 11.5. The summed E-state index contributed by atoms with van der Waals surface area (Å²) in [6, 6.07) is 13.6. The van der Waals surface area contributed by atoms with E-state index in [0.29, 0.717) is 48.2 Å². The third-order valence-corrected chi connectivity index (χ3v) is 6.45. The molecule has 34 heavy (non-hydrogen) atoms. The lowest BCUT2D eigenvalue weighted by atomic mass is 10.0. The molecular formula is C26H26N4O4. The Morgan fingerprint density at radius 1 is 1.26 bits per heavy atom. The first kappa shape index (κ1) is 22.1. The van der Waals surface area contributed by atoms with Crippen molar-refractivity contribution in [3.63, 3.8) is 0 Å². The Morgan fingerprint density at radius 2 is 2.12 bits per heavy atom. The molecule has 2 heterocycles. The maximum atomic E-state index is 12.6. The van der Waals surface area contributed by atoms with Crippen molar-refractivity contribution in [1.82, 2.24) is 15.0 Å². The van der Waals surface area contributed by atoms with Crippen LogP contribution in [-0.4, -0.2) is 47.3 Å². The number of nitrogens with zero attached hydrogens (tertiary/aromatic N) is 4. The number of methoxy groups -OCH3 is 1. The maximum Gasteiger partial charge on any atom is 0.258 e. The number of hydrogen-bond donors (Lipinski definition) is 0. The van der Waals surface area contributed by atoms with E-state index >= 15 is 0 Å². The average Bonchev–Trinajstić information content (AvgIpc) is 3.51. The molecule has 1 saturated heterocycles. The summed E-state index contributed by atoms with van der Waals surface area (Å²) in [5.74, 6) is 1.81. The second-order valence-corrected chi connectivity index (χ2v) is 8.98. The van der Waals surface area contributed by atoms with Crippen LogP contribution in [0.3, 0.4) is 0 Å². The summed E-state index contributed by atoms with van der Waals surface area (Å²) in [5, 5.41) is 13.8. The molecule has 5 rings (SSSR count). The molecule has 0 spiro atoms. The van der Waals surface area contributed by atoms with Crippen molar-refractivity contribution in [2.24, 2.45) is 5.92 Å². The van der Waals surface area contributed by atoms with E-state index in [1.807, 2.05) is 36.9 Å². The van der Waals surface area contributed by atoms with Gasteiger partial charge in [0.05, 0.1) is 24.3 Å². The molecule has 2 aromatic carbocycles. The molecule has 1 fully saturated rings. The van der Waals surface area contributed by atoms with Gasteiger partial charge in [-0.15, -0.1) is 0 Å². The molecule has 3 aromatic rings. The van der Waals surface area contributed by atoms with Gasteiger partial charge in [-0.25, -0.2) is 0 Å². The third-order valence-electron chi connectivity index (χ3n) is 6.45. The Hall–Kier alpha value is -3.70. The lowest BCUT2D eigenvalue weighted by Crippen LogP contribution is -2.31.